The molecule has 2 heteroatoms. The van der Waals surface area contributed by atoms with E-state index >= 15 is 0 Å². The van der Waals surface area contributed by atoms with Crippen LogP contribution in [-0.4, -0.2) is 36.2 Å². The minimum absolute atomic E-state index is 1.07. The van der Waals surface area contributed by atoms with Gasteiger partial charge in [0.15, 0.2) is 0 Å². The van der Waals surface area contributed by atoms with Crippen LogP contribution in [0.1, 0.15) is 12.8 Å². The van der Waals surface area contributed by atoms with E-state index in [4.69, 9.17) is 0 Å². The number of fused-ring (bicyclic) bond motifs is 6. The molecular weight excluding hydrogens is 124 g/mol. The van der Waals surface area contributed by atoms with E-state index in [0.29, 0.717) is 0 Å². The molecule has 56 valence electrons. The molecule has 4 atom stereocenters. The van der Waals surface area contributed by atoms with E-state index in [0.717, 1.165) is 11.8 Å². The standard InChI is InChI=1S/C8H14N2/c1-3-9-5-7(1)8-2-4-10(9)6-8/h7-8H,1-6H2. The Morgan fingerprint density at radius 1 is 0.800 bits per heavy atom. The molecule has 0 radical (unpaired) electrons. The van der Waals surface area contributed by atoms with Crippen LogP contribution in [0.2, 0.25) is 0 Å². The Labute approximate surface area is 61.8 Å². The lowest BCUT2D eigenvalue weighted by molar-refractivity contribution is -0.00657. The van der Waals surface area contributed by atoms with Gasteiger partial charge in [0.2, 0.25) is 0 Å². The lowest BCUT2D eigenvalue weighted by atomic mass is 9.91. The SMILES string of the molecule is C1CN2CC1C1CCN2C1. The highest BCUT2D eigenvalue weighted by molar-refractivity contribution is 4.91. The molecule has 4 bridgehead atoms. The van der Waals surface area contributed by atoms with Gasteiger partial charge in [-0.05, 0) is 24.7 Å². The predicted octanol–water partition coefficient (Wildman–Crippen LogP) is 0.559. The Balaban J connectivity index is 1.94. The van der Waals surface area contributed by atoms with Gasteiger partial charge < -0.3 is 0 Å². The summed E-state index contributed by atoms with van der Waals surface area (Å²) in [6, 6.07) is 0. The highest BCUT2D eigenvalue weighted by Gasteiger charge is 2.42. The zero-order valence-corrected chi connectivity index (χ0v) is 6.29. The molecule has 0 N–H and O–H groups in total. The van der Waals surface area contributed by atoms with Crippen LogP contribution in [0.4, 0.5) is 0 Å². The molecule has 10 heavy (non-hydrogen) atoms. The molecular formula is C8H14N2. The van der Waals surface area contributed by atoms with Crippen LogP contribution in [0.5, 0.6) is 0 Å². The highest BCUT2D eigenvalue weighted by atomic mass is 15.6. The monoisotopic (exact) mass is 138 g/mol. The van der Waals surface area contributed by atoms with Crippen LogP contribution in [-0.2, 0) is 0 Å². The number of hydrogen-bond donors (Lipinski definition) is 0. The molecule has 3 fully saturated rings. The van der Waals surface area contributed by atoms with Crippen LogP contribution in [0, 0.1) is 11.8 Å². The largest absolute Gasteiger partial charge is 0.241 e. The second-order valence-corrected chi connectivity index (χ2v) is 3.92. The van der Waals surface area contributed by atoms with Crippen LogP contribution in [0.25, 0.3) is 0 Å². The normalized spacial score (nSPS) is 57.6. The van der Waals surface area contributed by atoms with Crippen LogP contribution >= 0.6 is 0 Å². The zero-order valence-electron chi connectivity index (χ0n) is 6.29. The average Bonchev–Trinajstić information content (AvgIpc) is 2.41. The summed E-state index contributed by atoms with van der Waals surface area (Å²) in [7, 11) is 0. The minimum atomic E-state index is 1.07. The van der Waals surface area contributed by atoms with Crippen molar-refractivity contribution in [1.82, 2.24) is 10.0 Å². The lowest BCUT2D eigenvalue weighted by Gasteiger charge is -2.32. The topological polar surface area (TPSA) is 6.48 Å². The molecule has 3 saturated heterocycles. The van der Waals surface area contributed by atoms with E-state index in [9.17, 15) is 0 Å². The van der Waals surface area contributed by atoms with Gasteiger partial charge >= 0.3 is 0 Å². The summed E-state index contributed by atoms with van der Waals surface area (Å²) in [5.41, 5.74) is 0. The minimum Gasteiger partial charge on any atom is -0.241 e. The molecule has 3 heterocycles. The van der Waals surface area contributed by atoms with E-state index in [2.05, 4.69) is 10.0 Å². The van der Waals surface area contributed by atoms with Crippen molar-refractivity contribution in [2.75, 3.05) is 26.2 Å². The van der Waals surface area contributed by atoms with Crippen molar-refractivity contribution in [3.63, 3.8) is 0 Å². The first-order chi connectivity index (χ1) is 4.93. The predicted molar refractivity (Wildman–Crippen MR) is 39.4 cm³/mol. The second-order valence-electron chi connectivity index (χ2n) is 3.92. The number of rotatable bonds is 0. The molecule has 0 amide bonds. The maximum Gasteiger partial charge on any atom is 0.0165 e. The summed E-state index contributed by atoms with van der Waals surface area (Å²) in [4.78, 5) is 0. The first kappa shape index (κ1) is 5.56. The first-order valence-electron chi connectivity index (χ1n) is 4.43. The van der Waals surface area contributed by atoms with Gasteiger partial charge in [0.1, 0.15) is 0 Å². The van der Waals surface area contributed by atoms with Crippen molar-refractivity contribution in [3.8, 4) is 0 Å². The fourth-order valence-corrected chi connectivity index (χ4v) is 2.82. The third kappa shape index (κ3) is 0.565. The summed E-state index contributed by atoms with van der Waals surface area (Å²) >= 11 is 0. The van der Waals surface area contributed by atoms with Gasteiger partial charge in [-0.15, -0.1) is 0 Å². The summed E-state index contributed by atoms with van der Waals surface area (Å²) in [6.45, 7) is 5.46. The summed E-state index contributed by atoms with van der Waals surface area (Å²) in [6.07, 6.45) is 2.95. The Kier molecular flexibility index (Phi) is 0.968. The zero-order chi connectivity index (χ0) is 6.55. The van der Waals surface area contributed by atoms with Crippen molar-refractivity contribution < 1.29 is 0 Å². The van der Waals surface area contributed by atoms with Gasteiger partial charge in [-0.2, -0.15) is 0 Å². The molecule has 0 aliphatic carbocycles. The fraction of sp³-hybridized carbons (Fsp3) is 1.00. The molecule has 0 aromatic heterocycles. The Morgan fingerprint density at radius 2 is 1.30 bits per heavy atom. The summed E-state index contributed by atoms with van der Waals surface area (Å²) < 4.78 is 0. The van der Waals surface area contributed by atoms with Crippen molar-refractivity contribution >= 4 is 0 Å². The Hall–Kier alpha value is -0.0800. The van der Waals surface area contributed by atoms with Crippen molar-refractivity contribution in [2.24, 2.45) is 11.8 Å². The average molecular weight is 138 g/mol. The molecule has 0 aromatic rings. The van der Waals surface area contributed by atoms with Gasteiger partial charge in [0.05, 0.1) is 0 Å². The van der Waals surface area contributed by atoms with E-state index in [-0.39, 0.29) is 0 Å². The molecule has 2 nitrogen and oxygen atoms in total. The smallest absolute Gasteiger partial charge is 0.0165 e. The summed E-state index contributed by atoms with van der Waals surface area (Å²) in [5.74, 6) is 2.14. The van der Waals surface area contributed by atoms with E-state index in [1.165, 1.54) is 39.0 Å². The van der Waals surface area contributed by atoms with Crippen molar-refractivity contribution in [3.05, 3.63) is 0 Å². The van der Waals surface area contributed by atoms with E-state index in [1.54, 1.807) is 0 Å². The molecule has 4 unspecified atom stereocenters. The van der Waals surface area contributed by atoms with Crippen LogP contribution in [0.3, 0.4) is 0 Å². The van der Waals surface area contributed by atoms with E-state index in [1.807, 2.05) is 0 Å². The summed E-state index contributed by atoms with van der Waals surface area (Å²) in [5, 5.41) is 5.13. The molecule has 3 rings (SSSR count). The van der Waals surface area contributed by atoms with Crippen LogP contribution in [0.15, 0.2) is 0 Å². The van der Waals surface area contributed by atoms with Gasteiger partial charge in [-0.25, -0.2) is 10.0 Å². The molecule has 3 aliphatic heterocycles. The van der Waals surface area contributed by atoms with Crippen LogP contribution < -0.4 is 0 Å². The lowest BCUT2D eigenvalue weighted by Crippen LogP contribution is -2.42. The van der Waals surface area contributed by atoms with Crippen molar-refractivity contribution in [1.29, 1.82) is 0 Å². The molecule has 0 aromatic carbocycles. The van der Waals surface area contributed by atoms with Gasteiger partial charge in [0.25, 0.3) is 0 Å². The Bertz CT molecular complexity index is 123. The molecule has 3 aliphatic rings. The number of hydrazine groups is 1. The third-order valence-electron chi connectivity index (χ3n) is 3.47. The fourth-order valence-electron chi connectivity index (χ4n) is 2.82. The third-order valence-corrected chi connectivity index (χ3v) is 3.47. The van der Waals surface area contributed by atoms with Gasteiger partial charge in [-0.1, -0.05) is 0 Å². The molecule has 0 spiro atoms. The highest BCUT2D eigenvalue weighted by Crippen LogP contribution is 2.38. The van der Waals surface area contributed by atoms with Gasteiger partial charge in [0, 0.05) is 26.2 Å². The van der Waals surface area contributed by atoms with E-state index < -0.39 is 0 Å². The second kappa shape index (κ2) is 1.74. The quantitative estimate of drug-likeness (QED) is 0.482. The van der Waals surface area contributed by atoms with Gasteiger partial charge in [-0.3, -0.25) is 0 Å². The number of nitrogens with zero attached hydrogens (tertiary/aromatic N) is 2. The first-order valence-corrected chi connectivity index (χ1v) is 4.43. The maximum absolute atomic E-state index is 2.56. The number of hydrogen-bond acceptors (Lipinski definition) is 2. The maximum atomic E-state index is 2.56. The molecule has 0 saturated carbocycles. The Morgan fingerprint density at radius 3 is 1.80 bits per heavy atom. The van der Waals surface area contributed by atoms with Crippen molar-refractivity contribution in [2.45, 2.75) is 12.8 Å².